The van der Waals surface area contributed by atoms with Crippen molar-refractivity contribution in [3.05, 3.63) is 30.1 Å². The second-order valence-corrected chi connectivity index (χ2v) is 6.57. The third-order valence-corrected chi connectivity index (χ3v) is 4.80. The van der Waals surface area contributed by atoms with Crippen LogP contribution in [0.15, 0.2) is 24.4 Å². The number of hydrogen-bond acceptors (Lipinski definition) is 7. The van der Waals surface area contributed by atoms with Gasteiger partial charge in [-0.2, -0.15) is 15.1 Å². The molecule has 4 heterocycles. The first-order chi connectivity index (χ1) is 12.9. The first-order valence-electron chi connectivity index (χ1n) is 8.37. The lowest BCUT2D eigenvalue weighted by atomic mass is 10.00. The molecule has 4 rings (SSSR count). The van der Waals surface area contributed by atoms with Crippen molar-refractivity contribution in [3.8, 4) is 0 Å². The first kappa shape index (κ1) is 16.8. The van der Waals surface area contributed by atoms with E-state index in [4.69, 9.17) is 5.73 Å². The third-order valence-electron chi connectivity index (χ3n) is 4.80. The number of nitrogens with zero attached hydrogens (tertiary/aromatic N) is 5. The van der Waals surface area contributed by atoms with Crippen LogP contribution in [0.3, 0.4) is 0 Å². The zero-order valence-electron chi connectivity index (χ0n) is 14.5. The van der Waals surface area contributed by atoms with E-state index in [1.54, 1.807) is 34.6 Å². The molecule has 0 spiro atoms. The Balaban J connectivity index is 1.76. The van der Waals surface area contributed by atoms with E-state index in [1.807, 2.05) is 0 Å². The summed E-state index contributed by atoms with van der Waals surface area (Å²) in [7, 11) is 0. The van der Waals surface area contributed by atoms with Crippen LogP contribution in [0.5, 0.6) is 0 Å². The molecule has 0 unspecified atom stereocenters. The van der Waals surface area contributed by atoms with Crippen LogP contribution in [-0.2, 0) is 4.79 Å². The van der Waals surface area contributed by atoms with Crippen LogP contribution in [0.1, 0.15) is 30.3 Å². The van der Waals surface area contributed by atoms with Crippen LogP contribution in [0, 0.1) is 0 Å². The number of aliphatic carboxylic acids is 1. The van der Waals surface area contributed by atoms with Gasteiger partial charge < -0.3 is 21.1 Å². The number of fused-ring (bicyclic) bond motifs is 1. The van der Waals surface area contributed by atoms with E-state index in [0.29, 0.717) is 36.3 Å². The molecule has 0 radical (unpaired) electrons. The molecule has 27 heavy (non-hydrogen) atoms. The smallest absolute Gasteiger partial charge is 0.329 e. The SMILES string of the molecule is C[C@@]1(C(=O)O)CCCN1c1nc(Nc2cc(C(N)=O)[nH]n2)n2cccc2n1. The molecular weight excluding hydrogens is 352 g/mol. The van der Waals surface area contributed by atoms with Crippen molar-refractivity contribution in [3.63, 3.8) is 0 Å². The van der Waals surface area contributed by atoms with E-state index in [2.05, 4.69) is 25.5 Å². The number of rotatable bonds is 5. The average molecular weight is 370 g/mol. The van der Waals surface area contributed by atoms with Gasteiger partial charge in [-0.3, -0.25) is 14.3 Å². The number of amides is 1. The monoisotopic (exact) mass is 370 g/mol. The van der Waals surface area contributed by atoms with Gasteiger partial charge in [-0.15, -0.1) is 0 Å². The van der Waals surface area contributed by atoms with Crippen molar-refractivity contribution >= 4 is 35.2 Å². The molecule has 1 aliphatic heterocycles. The number of nitrogens with one attached hydrogen (secondary N) is 2. The second kappa shape index (κ2) is 5.97. The number of nitrogens with two attached hydrogens (primary N) is 1. The maximum absolute atomic E-state index is 11.8. The van der Waals surface area contributed by atoms with Crippen LogP contribution >= 0.6 is 0 Å². The summed E-state index contributed by atoms with van der Waals surface area (Å²) in [5.41, 5.74) is 4.93. The molecule has 140 valence electrons. The Hall–Kier alpha value is -3.63. The molecule has 1 aliphatic rings. The number of primary amides is 1. The highest BCUT2D eigenvalue weighted by atomic mass is 16.4. The number of anilines is 3. The fraction of sp³-hybridized carbons (Fsp3) is 0.312. The van der Waals surface area contributed by atoms with Gasteiger partial charge in [-0.05, 0) is 31.9 Å². The predicted octanol–water partition coefficient (Wildman–Crippen LogP) is 0.738. The molecule has 3 aromatic rings. The zero-order chi connectivity index (χ0) is 19.2. The number of aromatic amines is 1. The number of aromatic nitrogens is 5. The van der Waals surface area contributed by atoms with Gasteiger partial charge >= 0.3 is 5.97 Å². The summed E-state index contributed by atoms with van der Waals surface area (Å²) in [6, 6.07) is 5.07. The second-order valence-electron chi connectivity index (χ2n) is 6.57. The Labute approximate surface area is 153 Å². The minimum Gasteiger partial charge on any atom is -0.480 e. The lowest BCUT2D eigenvalue weighted by Crippen LogP contribution is -2.49. The van der Waals surface area contributed by atoms with Crippen LogP contribution in [0.2, 0.25) is 0 Å². The summed E-state index contributed by atoms with van der Waals surface area (Å²) < 4.78 is 1.70. The molecule has 5 N–H and O–H groups in total. The fourth-order valence-corrected chi connectivity index (χ4v) is 3.26. The normalized spacial score (nSPS) is 19.5. The highest BCUT2D eigenvalue weighted by Gasteiger charge is 2.45. The minimum atomic E-state index is -1.06. The largest absolute Gasteiger partial charge is 0.480 e. The summed E-state index contributed by atoms with van der Waals surface area (Å²) in [5, 5.41) is 19.2. The molecule has 0 bridgehead atoms. The van der Waals surface area contributed by atoms with E-state index in [0.717, 1.165) is 6.42 Å². The van der Waals surface area contributed by atoms with Crippen LogP contribution < -0.4 is 16.0 Å². The van der Waals surface area contributed by atoms with E-state index >= 15 is 0 Å². The van der Waals surface area contributed by atoms with Crippen LogP contribution in [-0.4, -0.2) is 53.6 Å². The van der Waals surface area contributed by atoms with Gasteiger partial charge in [0, 0.05) is 18.8 Å². The van der Waals surface area contributed by atoms with Gasteiger partial charge in [0.15, 0.2) is 5.82 Å². The van der Waals surface area contributed by atoms with Crippen molar-refractivity contribution in [1.82, 2.24) is 24.6 Å². The highest BCUT2D eigenvalue weighted by molar-refractivity contribution is 5.91. The van der Waals surface area contributed by atoms with Gasteiger partial charge in [0.2, 0.25) is 11.9 Å². The van der Waals surface area contributed by atoms with E-state index in [1.165, 1.54) is 6.07 Å². The Bertz CT molecular complexity index is 1040. The van der Waals surface area contributed by atoms with E-state index < -0.39 is 17.4 Å². The quantitative estimate of drug-likeness (QED) is 0.512. The standard InChI is InChI=1S/C16H18N8O3/c1-16(13(26)27)5-3-7-24(16)15-19-11-4-2-6-23(11)14(20-15)18-10-8-9(12(17)25)21-22-10/h2,4,6,8H,3,5,7H2,1H3,(H2,17,25)(H,26,27)(H2,18,19,20,21,22)/t16-/m0/s1. The average Bonchev–Trinajstić information content (AvgIpc) is 3.33. The number of carboxylic acid groups (broad SMARTS) is 1. The van der Waals surface area contributed by atoms with E-state index in [9.17, 15) is 14.7 Å². The van der Waals surface area contributed by atoms with Gasteiger partial charge in [0.25, 0.3) is 5.91 Å². The molecule has 3 aromatic heterocycles. The highest BCUT2D eigenvalue weighted by Crippen LogP contribution is 2.33. The lowest BCUT2D eigenvalue weighted by molar-refractivity contribution is -0.142. The van der Waals surface area contributed by atoms with Gasteiger partial charge in [-0.1, -0.05) is 0 Å². The summed E-state index contributed by atoms with van der Waals surface area (Å²) in [6.45, 7) is 2.22. The summed E-state index contributed by atoms with van der Waals surface area (Å²) in [5.74, 6) is -0.476. The Kier molecular flexibility index (Phi) is 3.72. The molecule has 0 aliphatic carbocycles. The van der Waals surface area contributed by atoms with Gasteiger partial charge in [-0.25, -0.2) is 4.79 Å². The Morgan fingerprint density at radius 1 is 1.41 bits per heavy atom. The van der Waals surface area contributed by atoms with Crippen molar-refractivity contribution in [2.45, 2.75) is 25.3 Å². The molecule has 11 nitrogen and oxygen atoms in total. The van der Waals surface area contributed by atoms with Crippen molar-refractivity contribution in [1.29, 1.82) is 0 Å². The molecule has 1 saturated heterocycles. The molecule has 1 amide bonds. The summed E-state index contributed by atoms with van der Waals surface area (Å²) in [4.78, 5) is 33.7. The fourth-order valence-electron chi connectivity index (χ4n) is 3.26. The molecule has 1 atom stereocenters. The number of hydrogen-bond donors (Lipinski definition) is 4. The van der Waals surface area contributed by atoms with Crippen molar-refractivity contribution < 1.29 is 14.7 Å². The molecule has 0 saturated carbocycles. The predicted molar refractivity (Wildman–Crippen MR) is 96.0 cm³/mol. The van der Waals surface area contributed by atoms with Crippen LogP contribution in [0.25, 0.3) is 5.65 Å². The van der Waals surface area contributed by atoms with E-state index in [-0.39, 0.29) is 5.69 Å². The lowest BCUT2D eigenvalue weighted by Gasteiger charge is -2.31. The summed E-state index contributed by atoms with van der Waals surface area (Å²) in [6.07, 6.45) is 3.02. The number of H-pyrrole nitrogens is 1. The number of carbonyl (C=O) groups excluding carboxylic acids is 1. The summed E-state index contributed by atoms with van der Waals surface area (Å²) >= 11 is 0. The minimum absolute atomic E-state index is 0.161. The van der Waals surface area contributed by atoms with Crippen LogP contribution in [0.4, 0.5) is 17.7 Å². The zero-order valence-corrected chi connectivity index (χ0v) is 14.5. The Morgan fingerprint density at radius 2 is 2.22 bits per heavy atom. The molecular formula is C16H18N8O3. The van der Waals surface area contributed by atoms with Crippen molar-refractivity contribution in [2.75, 3.05) is 16.8 Å². The molecule has 0 aromatic carbocycles. The molecule has 11 heteroatoms. The van der Waals surface area contributed by atoms with Gasteiger partial charge in [0.05, 0.1) is 0 Å². The topological polar surface area (TPSA) is 155 Å². The van der Waals surface area contributed by atoms with Crippen molar-refractivity contribution in [2.24, 2.45) is 5.73 Å². The Morgan fingerprint density at radius 3 is 2.93 bits per heavy atom. The first-order valence-corrected chi connectivity index (χ1v) is 8.37. The van der Waals surface area contributed by atoms with Gasteiger partial charge in [0.1, 0.15) is 16.9 Å². The number of carbonyl (C=O) groups is 2. The number of carboxylic acids is 1. The maximum Gasteiger partial charge on any atom is 0.329 e. The maximum atomic E-state index is 11.8. The third kappa shape index (κ3) is 2.72. The molecule has 1 fully saturated rings.